The minimum Gasteiger partial charge on any atom is -0.320 e. The molecule has 88 valence electrons. The third-order valence-electron chi connectivity index (χ3n) is 2.57. The van der Waals surface area contributed by atoms with Crippen molar-refractivity contribution in [3.05, 3.63) is 65.0 Å². The predicted molar refractivity (Wildman–Crippen MR) is 61.4 cm³/mol. The molecule has 1 atom stereocenters. The molecular formula is C13H12F2N2. The summed E-state index contributed by atoms with van der Waals surface area (Å²) in [7, 11) is 0. The second-order valence-corrected chi connectivity index (χ2v) is 3.92. The van der Waals surface area contributed by atoms with Crippen LogP contribution in [0.15, 0.2) is 36.7 Å². The van der Waals surface area contributed by atoms with Gasteiger partial charge in [0.05, 0.1) is 6.04 Å². The average molecular weight is 234 g/mol. The van der Waals surface area contributed by atoms with Crippen molar-refractivity contribution < 1.29 is 8.78 Å². The molecule has 0 aliphatic carbocycles. The van der Waals surface area contributed by atoms with Gasteiger partial charge in [0.2, 0.25) is 0 Å². The van der Waals surface area contributed by atoms with E-state index in [1.54, 1.807) is 12.4 Å². The summed E-state index contributed by atoms with van der Waals surface area (Å²) in [5.74, 6) is -1.79. The third kappa shape index (κ3) is 2.31. The zero-order valence-corrected chi connectivity index (χ0v) is 9.32. The van der Waals surface area contributed by atoms with Crippen LogP contribution >= 0.6 is 0 Å². The highest BCUT2D eigenvalue weighted by atomic mass is 19.2. The number of pyridine rings is 1. The number of hydrogen-bond donors (Lipinski definition) is 1. The number of benzene rings is 1. The molecule has 2 nitrogen and oxygen atoms in total. The van der Waals surface area contributed by atoms with Gasteiger partial charge in [0.25, 0.3) is 0 Å². The lowest BCUT2D eigenvalue weighted by Gasteiger charge is -2.13. The lowest BCUT2D eigenvalue weighted by molar-refractivity contribution is 0.494. The van der Waals surface area contributed by atoms with E-state index >= 15 is 0 Å². The number of rotatable bonds is 2. The number of aryl methyl sites for hydroxylation is 1. The van der Waals surface area contributed by atoms with Gasteiger partial charge >= 0.3 is 0 Å². The number of halogens is 2. The van der Waals surface area contributed by atoms with Crippen LogP contribution in [-0.4, -0.2) is 4.98 Å². The number of nitrogens with two attached hydrogens (primary N) is 1. The lowest BCUT2D eigenvalue weighted by Crippen LogP contribution is -2.14. The summed E-state index contributed by atoms with van der Waals surface area (Å²) in [6, 6.07) is 5.09. The molecule has 1 aromatic heterocycles. The summed E-state index contributed by atoms with van der Waals surface area (Å²) >= 11 is 0. The van der Waals surface area contributed by atoms with Crippen LogP contribution in [0, 0.1) is 18.6 Å². The fraction of sp³-hybridized carbons (Fsp3) is 0.154. The maximum absolute atomic E-state index is 13.6. The molecule has 0 bridgehead atoms. The van der Waals surface area contributed by atoms with Crippen molar-refractivity contribution in [3.63, 3.8) is 0 Å². The van der Waals surface area contributed by atoms with Crippen molar-refractivity contribution in [1.29, 1.82) is 0 Å². The zero-order chi connectivity index (χ0) is 12.4. The van der Waals surface area contributed by atoms with Gasteiger partial charge in [0, 0.05) is 18.0 Å². The van der Waals surface area contributed by atoms with Gasteiger partial charge in [-0.3, -0.25) is 4.98 Å². The Kier molecular flexibility index (Phi) is 3.15. The van der Waals surface area contributed by atoms with E-state index in [1.807, 2.05) is 13.0 Å². The summed E-state index contributed by atoms with van der Waals surface area (Å²) < 4.78 is 26.7. The number of nitrogens with zero attached hydrogens (tertiary/aromatic N) is 1. The van der Waals surface area contributed by atoms with Crippen molar-refractivity contribution in [3.8, 4) is 0 Å². The zero-order valence-electron chi connectivity index (χ0n) is 9.32. The minimum absolute atomic E-state index is 0.136. The number of hydrogen-bond acceptors (Lipinski definition) is 2. The quantitative estimate of drug-likeness (QED) is 0.867. The van der Waals surface area contributed by atoms with Gasteiger partial charge in [-0.15, -0.1) is 0 Å². The van der Waals surface area contributed by atoms with Gasteiger partial charge in [-0.25, -0.2) is 8.78 Å². The Bertz CT molecular complexity index is 541. The van der Waals surface area contributed by atoms with Crippen LogP contribution in [0.2, 0.25) is 0 Å². The molecule has 0 aliphatic heterocycles. The van der Waals surface area contributed by atoms with Crippen molar-refractivity contribution in [2.24, 2.45) is 5.73 Å². The van der Waals surface area contributed by atoms with Gasteiger partial charge in [-0.05, 0) is 24.1 Å². The first-order valence-corrected chi connectivity index (χ1v) is 5.20. The molecule has 2 N–H and O–H groups in total. The molecule has 2 aromatic rings. The normalized spacial score (nSPS) is 12.5. The maximum Gasteiger partial charge on any atom is 0.163 e. The average Bonchev–Trinajstić information content (AvgIpc) is 2.32. The van der Waals surface area contributed by atoms with Crippen LogP contribution in [0.5, 0.6) is 0 Å². The Balaban J connectivity index is 2.44. The Morgan fingerprint density at radius 3 is 2.71 bits per heavy atom. The van der Waals surface area contributed by atoms with E-state index in [0.29, 0.717) is 5.56 Å². The molecule has 4 heteroatoms. The van der Waals surface area contributed by atoms with Crippen molar-refractivity contribution in [2.45, 2.75) is 13.0 Å². The van der Waals surface area contributed by atoms with E-state index < -0.39 is 17.7 Å². The monoisotopic (exact) mass is 234 g/mol. The highest BCUT2D eigenvalue weighted by Gasteiger charge is 2.16. The largest absolute Gasteiger partial charge is 0.320 e. The molecule has 0 saturated carbocycles. The minimum atomic E-state index is -0.901. The van der Waals surface area contributed by atoms with Crippen molar-refractivity contribution in [2.75, 3.05) is 0 Å². The van der Waals surface area contributed by atoms with E-state index in [9.17, 15) is 8.78 Å². The second-order valence-electron chi connectivity index (χ2n) is 3.92. The highest BCUT2D eigenvalue weighted by molar-refractivity contribution is 5.32. The first kappa shape index (κ1) is 11.7. The maximum atomic E-state index is 13.6. The molecular weight excluding hydrogens is 222 g/mol. The van der Waals surface area contributed by atoms with Gasteiger partial charge in [-0.2, -0.15) is 0 Å². The lowest BCUT2D eigenvalue weighted by atomic mass is 9.99. The van der Waals surface area contributed by atoms with E-state index in [2.05, 4.69) is 4.98 Å². The third-order valence-corrected chi connectivity index (χ3v) is 2.57. The molecule has 0 fully saturated rings. The SMILES string of the molecule is Cc1cncc(C(N)c2cccc(F)c2F)c1. The summed E-state index contributed by atoms with van der Waals surface area (Å²) in [6.07, 6.45) is 3.24. The second kappa shape index (κ2) is 4.59. The molecule has 1 heterocycles. The van der Waals surface area contributed by atoms with Crippen molar-refractivity contribution in [1.82, 2.24) is 4.98 Å². The summed E-state index contributed by atoms with van der Waals surface area (Å²) in [6.45, 7) is 1.87. The van der Waals surface area contributed by atoms with Crippen molar-refractivity contribution >= 4 is 0 Å². The summed E-state index contributed by atoms with van der Waals surface area (Å²) in [5.41, 5.74) is 7.63. The summed E-state index contributed by atoms with van der Waals surface area (Å²) in [5, 5.41) is 0. The highest BCUT2D eigenvalue weighted by Crippen LogP contribution is 2.23. The van der Waals surface area contributed by atoms with Gasteiger partial charge in [0.1, 0.15) is 0 Å². The van der Waals surface area contributed by atoms with E-state index in [4.69, 9.17) is 5.73 Å². The van der Waals surface area contributed by atoms with E-state index in [-0.39, 0.29) is 5.56 Å². The molecule has 1 aromatic carbocycles. The molecule has 0 saturated heterocycles. The van der Waals surface area contributed by atoms with Crippen LogP contribution in [-0.2, 0) is 0 Å². The van der Waals surface area contributed by atoms with E-state index in [1.165, 1.54) is 12.1 Å². The molecule has 0 amide bonds. The predicted octanol–water partition coefficient (Wildman–Crippen LogP) is 2.72. The smallest absolute Gasteiger partial charge is 0.163 e. The number of aromatic nitrogens is 1. The molecule has 0 aliphatic rings. The fourth-order valence-electron chi connectivity index (χ4n) is 1.69. The molecule has 2 rings (SSSR count). The topological polar surface area (TPSA) is 38.9 Å². The Hall–Kier alpha value is -1.81. The van der Waals surface area contributed by atoms with Gasteiger partial charge < -0.3 is 5.73 Å². The van der Waals surface area contributed by atoms with Crippen LogP contribution < -0.4 is 5.73 Å². The molecule has 0 radical (unpaired) electrons. The first-order valence-electron chi connectivity index (χ1n) is 5.20. The van der Waals surface area contributed by atoms with Crippen LogP contribution in [0.25, 0.3) is 0 Å². The van der Waals surface area contributed by atoms with Gasteiger partial charge in [0.15, 0.2) is 11.6 Å². The molecule has 17 heavy (non-hydrogen) atoms. The van der Waals surface area contributed by atoms with Crippen LogP contribution in [0.3, 0.4) is 0 Å². The molecule has 1 unspecified atom stereocenters. The summed E-state index contributed by atoms with van der Waals surface area (Å²) in [4.78, 5) is 3.99. The van der Waals surface area contributed by atoms with Crippen LogP contribution in [0.1, 0.15) is 22.7 Å². The Labute approximate surface area is 98.1 Å². The first-order chi connectivity index (χ1) is 8.09. The Morgan fingerprint density at radius 1 is 1.24 bits per heavy atom. The van der Waals surface area contributed by atoms with E-state index in [0.717, 1.165) is 11.6 Å². The standard InChI is InChI=1S/C13H12F2N2/c1-8-5-9(7-17-6-8)13(16)10-3-2-4-11(14)12(10)15/h2-7,13H,16H2,1H3. The molecule has 0 spiro atoms. The Morgan fingerprint density at radius 2 is 2.00 bits per heavy atom. The van der Waals surface area contributed by atoms with Crippen LogP contribution in [0.4, 0.5) is 8.78 Å². The fourth-order valence-corrected chi connectivity index (χ4v) is 1.69. The van der Waals surface area contributed by atoms with Gasteiger partial charge in [-0.1, -0.05) is 18.2 Å².